The highest BCUT2D eigenvalue weighted by Gasteiger charge is 2.33. The number of alkyl halides is 3. The number of halogens is 3. The lowest BCUT2D eigenvalue weighted by Crippen LogP contribution is -2.38. The van der Waals surface area contributed by atoms with Crippen molar-refractivity contribution in [2.24, 2.45) is 0 Å². The van der Waals surface area contributed by atoms with Crippen molar-refractivity contribution in [2.75, 3.05) is 11.9 Å². The molecular formula is C20H17F3N6O2. The topological polar surface area (TPSA) is 93.0 Å². The van der Waals surface area contributed by atoms with Crippen LogP contribution in [0.2, 0.25) is 0 Å². The highest BCUT2D eigenvalue weighted by atomic mass is 19.4. The van der Waals surface area contributed by atoms with E-state index in [0.29, 0.717) is 13.1 Å². The molecule has 1 aromatic carbocycles. The average Bonchev–Trinajstić information content (AvgIpc) is 3.12. The molecule has 1 aliphatic heterocycles. The van der Waals surface area contributed by atoms with Gasteiger partial charge in [-0.3, -0.25) is 14.3 Å². The Morgan fingerprint density at radius 3 is 2.65 bits per heavy atom. The molecule has 0 atom stereocenters. The van der Waals surface area contributed by atoms with E-state index in [1.54, 1.807) is 4.68 Å². The summed E-state index contributed by atoms with van der Waals surface area (Å²) < 4.78 is 42.1. The van der Waals surface area contributed by atoms with Crippen LogP contribution in [0.5, 0.6) is 0 Å². The Bertz CT molecular complexity index is 1140. The normalized spacial score (nSPS) is 13.6. The van der Waals surface area contributed by atoms with Crippen molar-refractivity contribution in [2.45, 2.75) is 26.2 Å². The second kappa shape index (κ2) is 7.82. The van der Waals surface area contributed by atoms with Gasteiger partial charge in [0.15, 0.2) is 0 Å². The highest BCUT2D eigenvalue weighted by molar-refractivity contribution is 6.04. The van der Waals surface area contributed by atoms with Crippen molar-refractivity contribution in [1.82, 2.24) is 24.6 Å². The van der Waals surface area contributed by atoms with Gasteiger partial charge in [-0.15, -0.1) is 0 Å². The van der Waals surface area contributed by atoms with E-state index in [4.69, 9.17) is 0 Å². The van der Waals surface area contributed by atoms with Gasteiger partial charge in [0.05, 0.1) is 30.0 Å². The lowest BCUT2D eigenvalue weighted by atomic mass is 10.1. The number of nitrogens with zero attached hydrogens (tertiary/aromatic N) is 5. The van der Waals surface area contributed by atoms with Crippen LogP contribution in [0.3, 0.4) is 0 Å². The van der Waals surface area contributed by atoms with Gasteiger partial charge in [0.1, 0.15) is 12.0 Å². The molecule has 3 heterocycles. The molecule has 0 unspecified atom stereocenters. The number of carbonyl (C=O) groups is 2. The predicted octanol–water partition coefficient (Wildman–Crippen LogP) is 2.91. The van der Waals surface area contributed by atoms with Gasteiger partial charge in [-0.1, -0.05) is 0 Å². The van der Waals surface area contributed by atoms with Crippen LogP contribution in [-0.2, 0) is 19.3 Å². The van der Waals surface area contributed by atoms with Gasteiger partial charge < -0.3 is 10.2 Å². The van der Waals surface area contributed by atoms with E-state index in [1.807, 2.05) is 13.0 Å². The Labute approximate surface area is 174 Å². The largest absolute Gasteiger partial charge is 0.416 e. The summed E-state index contributed by atoms with van der Waals surface area (Å²) in [5.74, 6) is -1.27. The quantitative estimate of drug-likeness (QED) is 0.690. The first-order valence-corrected chi connectivity index (χ1v) is 9.33. The zero-order valence-electron chi connectivity index (χ0n) is 16.3. The van der Waals surface area contributed by atoms with Crippen LogP contribution in [0.15, 0.2) is 42.9 Å². The monoisotopic (exact) mass is 430 g/mol. The Balaban J connectivity index is 1.63. The summed E-state index contributed by atoms with van der Waals surface area (Å²) in [6.45, 7) is 2.83. The zero-order chi connectivity index (χ0) is 22.2. The lowest BCUT2D eigenvalue weighted by Gasteiger charge is -2.28. The van der Waals surface area contributed by atoms with Gasteiger partial charge in [0.2, 0.25) is 0 Å². The van der Waals surface area contributed by atoms with Gasteiger partial charge in [-0.05, 0) is 37.3 Å². The molecule has 1 aliphatic rings. The summed E-state index contributed by atoms with van der Waals surface area (Å²) in [6, 6.07) is 5.96. The summed E-state index contributed by atoms with van der Waals surface area (Å²) in [5, 5.41) is 6.69. The number of amides is 2. The Morgan fingerprint density at radius 2 is 1.94 bits per heavy atom. The van der Waals surface area contributed by atoms with E-state index in [2.05, 4.69) is 20.4 Å². The molecule has 31 heavy (non-hydrogen) atoms. The molecular weight excluding hydrogens is 413 g/mol. The molecule has 0 aliphatic carbocycles. The third-order valence-electron chi connectivity index (χ3n) is 4.79. The van der Waals surface area contributed by atoms with Gasteiger partial charge >= 0.3 is 6.18 Å². The second-order valence-electron chi connectivity index (χ2n) is 7.07. The summed E-state index contributed by atoms with van der Waals surface area (Å²) in [7, 11) is 0. The molecule has 0 radical (unpaired) electrons. The molecule has 8 nitrogen and oxygen atoms in total. The summed E-state index contributed by atoms with van der Waals surface area (Å²) in [6.07, 6.45) is -2.20. The van der Waals surface area contributed by atoms with Crippen LogP contribution < -0.4 is 5.32 Å². The van der Waals surface area contributed by atoms with Crippen molar-refractivity contribution in [1.29, 1.82) is 0 Å². The number of carbonyl (C=O) groups excluding carboxylic acids is 2. The number of hydrogen-bond donors (Lipinski definition) is 1. The molecule has 0 spiro atoms. The van der Waals surface area contributed by atoms with Crippen LogP contribution in [0.1, 0.15) is 37.8 Å². The number of aromatic nitrogens is 4. The molecule has 4 rings (SSSR count). The van der Waals surface area contributed by atoms with Crippen molar-refractivity contribution in [3.63, 3.8) is 0 Å². The Kier molecular flexibility index (Phi) is 5.17. The number of aryl methyl sites for hydroxylation is 1. The first-order valence-electron chi connectivity index (χ1n) is 9.33. The second-order valence-corrected chi connectivity index (χ2v) is 7.07. The maximum atomic E-state index is 13.4. The van der Waals surface area contributed by atoms with Crippen molar-refractivity contribution in [3.05, 3.63) is 71.1 Å². The van der Waals surface area contributed by atoms with Crippen LogP contribution in [0.25, 0.3) is 0 Å². The fourth-order valence-corrected chi connectivity index (χ4v) is 3.37. The molecule has 0 saturated carbocycles. The van der Waals surface area contributed by atoms with E-state index < -0.39 is 23.6 Å². The average molecular weight is 430 g/mol. The standard InChI is InChI=1S/C20H17F3N6O2/c1-12-6-16-10-28(4-5-29(16)27-12)19(31)13-7-14(20(21,22)23)9-15(8-13)26-18(30)17-2-3-24-11-25-17/h2-3,6-9,11H,4-5,10H2,1H3,(H,26,30). The number of rotatable bonds is 3. The summed E-state index contributed by atoms with van der Waals surface area (Å²) in [4.78, 5) is 34.2. The first kappa shape index (κ1) is 20.5. The molecule has 1 N–H and O–H groups in total. The number of anilines is 1. The van der Waals surface area contributed by atoms with Crippen LogP contribution >= 0.6 is 0 Å². The van der Waals surface area contributed by atoms with Crippen LogP contribution in [0, 0.1) is 6.92 Å². The van der Waals surface area contributed by atoms with E-state index in [1.165, 1.54) is 23.2 Å². The third-order valence-corrected chi connectivity index (χ3v) is 4.79. The van der Waals surface area contributed by atoms with Crippen molar-refractivity contribution in [3.8, 4) is 0 Å². The summed E-state index contributed by atoms with van der Waals surface area (Å²) in [5.41, 5.74) is 0.241. The van der Waals surface area contributed by atoms with E-state index >= 15 is 0 Å². The number of hydrogen-bond acceptors (Lipinski definition) is 5. The van der Waals surface area contributed by atoms with Crippen LogP contribution in [-0.4, -0.2) is 43.0 Å². The molecule has 2 aromatic heterocycles. The molecule has 0 saturated heterocycles. The van der Waals surface area contributed by atoms with Gasteiger partial charge in [0.25, 0.3) is 11.8 Å². The van der Waals surface area contributed by atoms with E-state index in [9.17, 15) is 22.8 Å². The lowest BCUT2D eigenvalue weighted by molar-refractivity contribution is -0.137. The molecule has 0 bridgehead atoms. The van der Waals surface area contributed by atoms with Gasteiger partial charge in [-0.2, -0.15) is 18.3 Å². The van der Waals surface area contributed by atoms with Gasteiger partial charge in [0, 0.05) is 24.0 Å². The van der Waals surface area contributed by atoms with E-state index in [-0.39, 0.29) is 23.5 Å². The third kappa shape index (κ3) is 4.39. The minimum atomic E-state index is -4.69. The van der Waals surface area contributed by atoms with Crippen LogP contribution in [0.4, 0.5) is 18.9 Å². The van der Waals surface area contributed by atoms with Crippen molar-refractivity contribution >= 4 is 17.5 Å². The fourth-order valence-electron chi connectivity index (χ4n) is 3.37. The molecule has 11 heteroatoms. The molecule has 0 fully saturated rings. The first-order chi connectivity index (χ1) is 14.7. The number of benzene rings is 1. The smallest absolute Gasteiger partial charge is 0.331 e. The van der Waals surface area contributed by atoms with E-state index in [0.717, 1.165) is 29.8 Å². The maximum Gasteiger partial charge on any atom is 0.416 e. The maximum absolute atomic E-state index is 13.4. The highest BCUT2D eigenvalue weighted by Crippen LogP contribution is 2.32. The fraction of sp³-hybridized carbons (Fsp3) is 0.250. The number of nitrogens with one attached hydrogen (secondary N) is 1. The SMILES string of the molecule is Cc1cc2n(n1)CCN(C(=O)c1cc(NC(=O)c3ccncn3)cc(C(F)(F)F)c1)C2. The molecule has 3 aromatic rings. The van der Waals surface area contributed by atoms with Crippen molar-refractivity contribution < 1.29 is 22.8 Å². The minimum absolute atomic E-state index is 0.0139. The molecule has 160 valence electrons. The predicted molar refractivity (Wildman–Crippen MR) is 103 cm³/mol. The Hall–Kier alpha value is -3.76. The van der Waals surface area contributed by atoms with Gasteiger partial charge in [-0.25, -0.2) is 9.97 Å². The zero-order valence-corrected chi connectivity index (χ0v) is 16.3. The molecule has 2 amide bonds. The Morgan fingerprint density at radius 1 is 1.13 bits per heavy atom. The summed E-state index contributed by atoms with van der Waals surface area (Å²) >= 11 is 0. The minimum Gasteiger partial charge on any atom is -0.331 e. The number of fused-ring (bicyclic) bond motifs is 1.